The van der Waals surface area contributed by atoms with Gasteiger partial charge in [-0.2, -0.15) is 0 Å². The molecule has 0 aromatic heterocycles. The van der Waals surface area contributed by atoms with E-state index >= 15 is 0 Å². The minimum atomic E-state index is -0.0763. The first-order valence-corrected chi connectivity index (χ1v) is 7.84. The van der Waals surface area contributed by atoms with Crippen LogP contribution >= 0.6 is 11.8 Å². The van der Waals surface area contributed by atoms with Gasteiger partial charge < -0.3 is 4.74 Å². The minimum absolute atomic E-state index is 0.0763. The van der Waals surface area contributed by atoms with Gasteiger partial charge in [-0.1, -0.05) is 48.5 Å². The third-order valence-corrected chi connectivity index (χ3v) is 4.32. The molecule has 1 aliphatic heterocycles. The Balaban J connectivity index is 2.09. The molecule has 0 amide bonds. The summed E-state index contributed by atoms with van der Waals surface area (Å²) in [5.74, 6) is 0.862. The normalized spacial score (nSPS) is 18.1. The van der Waals surface area contributed by atoms with Crippen molar-refractivity contribution in [2.45, 2.75) is 18.0 Å². The van der Waals surface area contributed by atoms with Crippen LogP contribution in [0.15, 0.2) is 64.5 Å². The third kappa shape index (κ3) is 2.79. The van der Waals surface area contributed by atoms with E-state index in [4.69, 9.17) is 9.73 Å². The Kier molecular flexibility index (Phi) is 4.19. The molecule has 0 radical (unpaired) electrons. The van der Waals surface area contributed by atoms with Crippen LogP contribution in [0.5, 0.6) is 0 Å². The van der Waals surface area contributed by atoms with Crippen molar-refractivity contribution in [3.05, 3.63) is 65.7 Å². The van der Waals surface area contributed by atoms with Crippen molar-refractivity contribution in [1.29, 1.82) is 0 Å². The van der Waals surface area contributed by atoms with Gasteiger partial charge in [0.05, 0.1) is 5.71 Å². The van der Waals surface area contributed by atoms with Gasteiger partial charge >= 0.3 is 0 Å². The zero-order valence-corrected chi connectivity index (χ0v) is 12.3. The monoisotopic (exact) mass is 283 g/mol. The van der Waals surface area contributed by atoms with Crippen LogP contribution in [-0.4, -0.2) is 24.3 Å². The predicted octanol–water partition coefficient (Wildman–Crippen LogP) is 3.99. The zero-order chi connectivity index (χ0) is 13.8. The lowest BCUT2D eigenvalue weighted by Gasteiger charge is -2.11. The molecular formula is C17H17NOS. The molecule has 20 heavy (non-hydrogen) atoms. The number of ether oxygens (including phenoxy) is 1. The molecule has 0 N–H and O–H groups in total. The molecule has 0 fully saturated rings. The Morgan fingerprint density at radius 1 is 1.10 bits per heavy atom. The van der Waals surface area contributed by atoms with Crippen LogP contribution < -0.4 is 0 Å². The van der Waals surface area contributed by atoms with Crippen molar-refractivity contribution in [3.63, 3.8) is 0 Å². The number of nitrogens with zero attached hydrogens (tertiary/aromatic N) is 1. The summed E-state index contributed by atoms with van der Waals surface area (Å²) in [5.41, 5.74) is 3.38. The highest BCUT2D eigenvalue weighted by Crippen LogP contribution is 2.30. The Labute approximate surface area is 123 Å². The van der Waals surface area contributed by atoms with Gasteiger partial charge in [0.15, 0.2) is 6.23 Å². The molecule has 2 nitrogen and oxygen atoms in total. The van der Waals surface area contributed by atoms with Gasteiger partial charge in [0.2, 0.25) is 0 Å². The van der Waals surface area contributed by atoms with E-state index in [1.165, 1.54) is 10.5 Å². The molecule has 3 heteroatoms. The van der Waals surface area contributed by atoms with Crippen LogP contribution in [0.1, 0.15) is 18.1 Å². The van der Waals surface area contributed by atoms with Crippen LogP contribution in [0.2, 0.25) is 0 Å². The highest BCUT2D eigenvalue weighted by Gasteiger charge is 2.19. The summed E-state index contributed by atoms with van der Waals surface area (Å²) in [4.78, 5) is 6.13. The molecule has 2 aromatic rings. The van der Waals surface area contributed by atoms with Crippen molar-refractivity contribution < 1.29 is 4.74 Å². The molecule has 0 spiro atoms. The molecular weight excluding hydrogens is 266 g/mol. The van der Waals surface area contributed by atoms with E-state index in [1.807, 2.05) is 36.9 Å². The zero-order valence-electron chi connectivity index (χ0n) is 11.5. The Hall–Kier alpha value is -1.58. The van der Waals surface area contributed by atoms with E-state index in [2.05, 4.69) is 36.4 Å². The van der Waals surface area contributed by atoms with Gasteiger partial charge in [-0.25, -0.2) is 0 Å². The third-order valence-electron chi connectivity index (χ3n) is 3.20. The van der Waals surface area contributed by atoms with Crippen LogP contribution in [-0.2, 0) is 4.74 Å². The molecule has 2 aromatic carbocycles. The highest BCUT2D eigenvalue weighted by atomic mass is 32.2. The molecule has 0 bridgehead atoms. The summed E-state index contributed by atoms with van der Waals surface area (Å²) in [6.45, 7) is 2.70. The maximum Gasteiger partial charge on any atom is 0.158 e. The van der Waals surface area contributed by atoms with E-state index in [-0.39, 0.29) is 6.23 Å². The average Bonchev–Trinajstić information content (AvgIpc) is 2.69. The van der Waals surface area contributed by atoms with Crippen molar-refractivity contribution in [2.75, 3.05) is 12.4 Å². The van der Waals surface area contributed by atoms with E-state index in [1.54, 1.807) is 0 Å². The fraction of sp³-hybridized carbons (Fsp3) is 0.235. The predicted molar refractivity (Wildman–Crippen MR) is 84.7 cm³/mol. The van der Waals surface area contributed by atoms with Gasteiger partial charge in [-0.3, -0.25) is 4.99 Å². The summed E-state index contributed by atoms with van der Waals surface area (Å²) >= 11 is 1.82. The molecule has 0 unspecified atom stereocenters. The van der Waals surface area contributed by atoms with Gasteiger partial charge in [0.1, 0.15) is 0 Å². The maximum atomic E-state index is 5.74. The molecule has 3 rings (SSSR count). The Morgan fingerprint density at radius 3 is 2.65 bits per heavy atom. The van der Waals surface area contributed by atoms with Crippen LogP contribution in [0.4, 0.5) is 0 Å². The number of fused-ring (bicyclic) bond motifs is 1. The molecule has 102 valence electrons. The fourth-order valence-corrected chi connectivity index (χ4v) is 3.29. The smallest absolute Gasteiger partial charge is 0.158 e. The lowest BCUT2D eigenvalue weighted by molar-refractivity contribution is 0.0867. The molecule has 1 aliphatic rings. The highest BCUT2D eigenvalue weighted by molar-refractivity contribution is 7.99. The number of rotatable bonds is 3. The standard InChI is InChI=1S/C17H17NOS/c1-2-19-16-12-20-15-11-7-6-10-14(15)17(18-16)13-8-4-3-5-9-13/h3-11,16H,2,12H2,1H3/t16-/m1/s1. The largest absolute Gasteiger partial charge is 0.356 e. The van der Waals surface area contributed by atoms with Crippen molar-refractivity contribution in [2.24, 2.45) is 4.99 Å². The summed E-state index contributed by atoms with van der Waals surface area (Å²) in [6.07, 6.45) is -0.0763. The van der Waals surface area contributed by atoms with E-state index < -0.39 is 0 Å². The van der Waals surface area contributed by atoms with E-state index in [0.29, 0.717) is 6.61 Å². The van der Waals surface area contributed by atoms with Crippen molar-refractivity contribution in [3.8, 4) is 0 Å². The van der Waals surface area contributed by atoms with Crippen molar-refractivity contribution >= 4 is 17.5 Å². The summed E-state index contributed by atoms with van der Waals surface area (Å²) in [5, 5.41) is 0. The number of benzene rings is 2. The molecule has 0 saturated heterocycles. The first-order chi connectivity index (χ1) is 9.88. The Bertz CT molecular complexity index is 609. The topological polar surface area (TPSA) is 21.6 Å². The molecule has 0 saturated carbocycles. The Morgan fingerprint density at radius 2 is 1.85 bits per heavy atom. The van der Waals surface area contributed by atoms with E-state index in [0.717, 1.165) is 17.0 Å². The van der Waals surface area contributed by atoms with Crippen LogP contribution in [0.25, 0.3) is 0 Å². The number of hydrogen-bond acceptors (Lipinski definition) is 3. The molecule has 1 heterocycles. The number of thioether (sulfide) groups is 1. The minimum Gasteiger partial charge on any atom is -0.356 e. The average molecular weight is 283 g/mol. The van der Waals surface area contributed by atoms with Crippen LogP contribution in [0.3, 0.4) is 0 Å². The lowest BCUT2D eigenvalue weighted by Crippen LogP contribution is -2.15. The van der Waals surface area contributed by atoms with E-state index in [9.17, 15) is 0 Å². The summed E-state index contributed by atoms with van der Waals surface area (Å²) in [7, 11) is 0. The number of aliphatic imine (C=N–C) groups is 1. The first kappa shape index (κ1) is 13.4. The fourth-order valence-electron chi connectivity index (χ4n) is 2.30. The van der Waals surface area contributed by atoms with Gasteiger partial charge in [-0.15, -0.1) is 11.8 Å². The SMILES string of the molecule is CCO[C@@H]1CSc2ccccc2C(c2ccccc2)=N1. The maximum absolute atomic E-state index is 5.74. The second-order valence-corrected chi connectivity index (χ2v) is 5.62. The molecule has 0 aliphatic carbocycles. The van der Waals surface area contributed by atoms with Gasteiger partial charge in [-0.05, 0) is 13.0 Å². The van der Waals surface area contributed by atoms with Gasteiger partial charge in [0, 0.05) is 28.4 Å². The quantitative estimate of drug-likeness (QED) is 0.849. The first-order valence-electron chi connectivity index (χ1n) is 6.85. The van der Waals surface area contributed by atoms with Gasteiger partial charge in [0.25, 0.3) is 0 Å². The molecule has 1 atom stereocenters. The summed E-state index contributed by atoms with van der Waals surface area (Å²) < 4.78 is 5.74. The second-order valence-electron chi connectivity index (χ2n) is 4.56. The number of hydrogen-bond donors (Lipinski definition) is 0. The summed E-state index contributed by atoms with van der Waals surface area (Å²) in [6, 6.07) is 18.8. The van der Waals surface area contributed by atoms with Crippen LogP contribution in [0, 0.1) is 0 Å². The second kappa shape index (κ2) is 6.25. The lowest BCUT2D eigenvalue weighted by atomic mass is 10.0. The van der Waals surface area contributed by atoms with Crippen molar-refractivity contribution in [1.82, 2.24) is 0 Å².